The molecule has 2 rings (SSSR count). The first-order valence-electron chi connectivity index (χ1n) is 9.03. The first-order valence-corrected chi connectivity index (χ1v) is 9.03. The predicted molar refractivity (Wildman–Crippen MR) is 100 cm³/mol. The lowest BCUT2D eigenvalue weighted by Crippen LogP contribution is -2.37. The van der Waals surface area contributed by atoms with Crippen molar-refractivity contribution in [2.75, 3.05) is 18.4 Å². The number of carbonyl (C=O) groups excluding carboxylic acids is 2. The van der Waals surface area contributed by atoms with Crippen molar-refractivity contribution < 1.29 is 19.5 Å². The van der Waals surface area contributed by atoms with Crippen molar-refractivity contribution in [2.45, 2.75) is 47.0 Å². The minimum absolute atomic E-state index is 0.0184. The topological polar surface area (TPSA) is 86.7 Å². The summed E-state index contributed by atoms with van der Waals surface area (Å²) in [4.78, 5) is 37.8. The number of benzene rings is 1. The molecule has 0 bridgehead atoms. The van der Waals surface area contributed by atoms with Crippen LogP contribution in [0.15, 0.2) is 18.2 Å². The van der Waals surface area contributed by atoms with Crippen molar-refractivity contribution in [2.24, 2.45) is 11.3 Å². The predicted octanol–water partition coefficient (Wildman–Crippen LogP) is 3.31. The van der Waals surface area contributed by atoms with Crippen molar-refractivity contribution in [3.05, 3.63) is 29.3 Å². The summed E-state index contributed by atoms with van der Waals surface area (Å²) in [5.74, 6) is -0.691. The van der Waals surface area contributed by atoms with Crippen LogP contribution in [-0.2, 0) is 9.59 Å². The van der Waals surface area contributed by atoms with Gasteiger partial charge in [-0.15, -0.1) is 0 Å². The van der Waals surface area contributed by atoms with E-state index in [1.165, 1.54) is 13.8 Å². The van der Waals surface area contributed by atoms with Crippen LogP contribution in [0.5, 0.6) is 0 Å². The van der Waals surface area contributed by atoms with Crippen LogP contribution in [-0.4, -0.2) is 40.9 Å². The lowest BCUT2D eigenvalue weighted by molar-refractivity contribution is -0.148. The lowest BCUT2D eigenvalue weighted by Gasteiger charge is -2.30. The molecule has 0 spiro atoms. The number of hydrogen-bond donors (Lipinski definition) is 2. The Hall–Kier alpha value is -2.37. The summed E-state index contributed by atoms with van der Waals surface area (Å²) in [6.45, 7) is 8.62. The molecule has 0 aliphatic carbocycles. The second-order valence-electron chi connectivity index (χ2n) is 7.92. The number of piperidine rings is 1. The number of nitrogens with one attached hydrogen (secondary N) is 1. The van der Waals surface area contributed by atoms with E-state index in [9.17, 15) is 14.4 Å². The summed E-state index contributed by atoms with van der Waals surface area (Å²) >= 11 is 0. The monoisotopic (exact) mass is 360 g/mol. The quantitative estimate of drug-likeness (QED) is 0.843. The van der Waals surface area contributed by atoms with Crippen molar-refractivity contribution in [1.82, 2.24) is 4.90 Å². The Morgan fingerprint density at radius 1 is 1.23 bits per heavy atom. The fourth-order valence-corrected chi connectivity index (χ4v) is 3.00. The Balaban J connectivity index is 2.04. The Morgan fingerprint density at radius 2 is 1.85 bits per heavy atom. The number of aryl methyl sites for hydroxylation is 1. The maximum atomic E-state index is 12.6. The minimum atomic E-state index is -1.13. The van der Waals surface area contributed by atoms with E-state index in [1.807, 2.05) is 11.8 Å². The van der Waals surface area contributed by atoms with Gasteiger partial charge in [-0.3, -0.25) is 14.4 Å². The van der Waals surface area contributed by atoms with E-state index in [0.717, 1.165) is 31.5 Å². The van der Waals surface area contributed by atoms with Gasteiger partial charge in [0, 0.05) is 30.8 Å². The molecule has 1 heterocycles. The normalized spacial score (nSPS) is 15.6. The van der Waals surface area contributed by atoms with Gasteiger partial charge in [0.25, 0.3) is 5.91 Å². The van der Waals surface area contributed by atoms with Gasteiger partial charge in [-0.1, -0.05) is 6.92 Å². The second kappa shape index (κ2) is 7.89. The van der Waals surface area contributed by atoms with Gasteiger partial charge in [0.15, 0.2) is 0 Å². The number of carbonyl (C=O) groups is 3. The Labute approximate surface area is 154 Å². The van der Waals surface area contributed by atoms with Crippen LogP contribution in [0.2, 0.25) is 0 Å². The molecule has 0 aromatic heterocycles. The largest absolute Gasteiger partial charge is 0.481 e. The zero-order chi connectivity index (χ0) is 19.5. The molecule has 1 aromatic rings. The molecule has 2 N–H and O–H groups in total. The van der Waals surface area contributed by atoms with Gasteiger partial charge in [0.05, 0.1) is 5.41 Å². The van der Waals surface area contributed by atoms with Crippen LogP contribution in [0.1, 0.15) is 56.0 Å². The molecule has 0 unspecified atom stereocenters. The van der Waals surface area contributed by atoms with Gasteiger partial charge >= 0.3 is 5.97 Å². The summed E-state index contributed by atoms with van der Waals surface area (Å²) in [6.07, 6.45) is 1.94. The number of amides is 2. The molecule has 1 saturated heterocycles. The minimum Gasteiger partial charge on any atom is -0.481 e. The molecule has 2 amide bonds. The maximum absolute atomic E-state index is 12.6. The molecule has 0 radical (unpaired) electrons. The highest BCUT2D eigenvalue weighted by Crippen LogP contribution is 2.24. The standard InChI is InChI=1S/C20H28N2O4/c1-13-7-9-22(10-8-13)18(24)15-5-6-16(14(2)11-15)21-17(23)12-20(3,4)19(25)26/h5-6,11,13H,7-10,12H2,1-4H3,(H,21,23)(H,25,26). The molecule has 26 heavy (non-hydrogen) atoms. The summed E-state index contributed by atoms with van der Waals surface area (Å²) in [5, 5.41) is 11.9. The van der Waals surface area contributed by atoms with Crippen molar-refractivity contribution in [1.29, 1.82) is 0 Å². The van der Waals surface area contributed by atoms with E-state index in [0.29, 0.717) is 17.2 Å². The van der Waals surface area contributed by atoms with E-state index in [2.05, 4.69) is 12.2 Å². The number of nitrogens with zero attached hydrogens (tertiary/aromatic N) is 1. The first-order chi connectivity index (χ1) is 12.1. The summed E-state index contributed by atoms with van der Waals surface area (Å²) in [5.41, 5.74) is 0.864. The summed E-state index contributed by atoms with van der Waals surface area (Å²) in [7, 11) is 0. The van der Waals surface area contributed by atoms with Crippen molar-refractivity contribution >= 4 is 23.5 Å². The smallest absolute Gasteiger partial charge is 0.309 e. The van der Waals surface area contributed by atoms with Crippen LogP contribution in [0.4, 0.5) is 5.69 Å². The van der Waals surface area contributed by atoms with Gasteiger partial charge < -0.3 is 15.3 Å². The SMILES string of the molecule is Cc1cc(C(=O)N2CCC(C)CC2)ccc1NC(=O)CC(C)(C)C(=O)O. The second-order valence-corrected chi connectivity index (χ2v) is 7.92. The first kappa shape index (κ1) is 19.9. The van der Waals surface area contributed by atoms with Crippen molar-refractivity contribution in [3.8, 4) is 0 Å². The van der Waals surface area contributed by atoms with E-state index in [1.54, 1.807) is 18.2 Å². The maximum Gasteiger partial charge on any atom is 0.309 e. The molecule has 1 fully saturated rings. The van der Waals surface area contributed by atoms with E-state index in [-0.39, 0.29) is 18.2 Å². The van der Waals surface area contributed by atoms with Gasteiger partial charge in [-0.05, 0) is 63.3 Å². The Bertz CT molecular complexity index is 704. The third kappa shape index (κ3) is 4.84. The number of rotatable bonds is 5. The van der Waals surface area contributed by atoms with E-state index in [4.69, 9.17) is 5.11 Å². The molecule has 1 aliphatic rings. The van der Waals surface area contributed by atoms with Gasteiger partial charge in [0.1, 0.15) is 0 Å². The Kier molecular flexibility index (Phi) is 6.05. The van der Waals surface area contributed by atoms with Gasteiger partial charge in [0.2, 0.25) is 5.91 Å². The molecule has 0 saturated carbocycles. The molecular weight excluding hydrogens is 332 g/mol. The molecule has 6 heteroatoms. The average molecular weight is 360 g/mol. The summed E-state index contributed by atoms with van der Waals surface area (Å²) < 4.78 is 0. The van der Waals surface area contributed by atoms with Crippen LogP contribution < -0.4 is 5.32 Å². The van der Waals surface area contributed by atoms with Crippen LogP contribution in [0.3, 0.4) is 0 Å². The van der Waals surface area contributed by atoms with Gasteiger partial charge in [-0.2, -0.15) is 0 Å². The van der Waals surface area contributed by atoms with Gasteiger partial charge in [-0.25, -0.2) is 0 Å². The van der Waals surface area contributed by atoms with E-state index < -0.39 is 11.4 Å². The third-order valence-electron chi connectivity index (χ3n) is 5.00. The highest BCUT2D eigenvalue weighted by Gasteiger charge is 2.30. The third-order valence-corrected chi connectivity index (χ3v) is 5.00. The fraction of sp³-hybridized carbons (Fsp3) is 0.550. The van der Waals surface area contributed by atoms with Crippen LogP contribution in [0.25, 0.3) is 0 Å². The lowest BCUT2D eigenvalue weighted by atomic mass is 9.89. The zero-order valence-corrected chi connectivity index (χ0v) is 16.0. The van der Waals surface area contributed by atoms with Crippen LogP contribution in [0, 0.1) is 18.3 Å². The number of hydrogen-bond acceptors (Lipinski definition) is 3. The highest BCUT2D eigenvalue weighted by molar-refractivity contribution is 5.97. The zero-order valence-electron chi connectivity index (χ0n) is 16.0. The van der Waals surface area contributed by atoms with Crippen LogP contribution >= 0.6 is 0 Å². The number of anilines is 1. The number of aliphatic carboxylic acids is 1. The Morgan fingerprint density at radius 3 is 2.38 bits per heavy atom. The molecular formula is C20H28N2O4. The fourth-order valence-electron chi connectivity index (χ4n) is 3.00. The number of likely N-dealkylation sites (tertiary alicyclic amines) is 1. The number of carboxylic acids is 1. The van der Waals surface area contributed by atoms with E-state index >= 15 is 0 Å². The molecule has 1 aliphatic heterocycles. The average Bonchev–Trinajstić information content (AvgIpc) is 2.56. The molecule has 142 valence electrons. The number of carboxylic acid groups (broad SMARTS) is 1. The summed E-state index contributed by atoms with van der Waals surface area (Å²) in [6, 6.07) is 5.20. The highest BCUT2D eigenvalue weighted by atomic mass is 16.4. The molecule has 6 nitrogen and oxygen atoms in total. The van der Waals surface area contributed by atoms with Crippen molar-refractivity contribution in [3.63, 3.8) is 0 Å². The molecule has 1 aromatic carbocycles. The molecule has 0 atom stereocenters.